The maximum absolute atomic E-state index is 9.32. The van der Waals surface area contributed by atoms with Crippen LogP contribution >= 0.6 is 0 Å². The topological polar surface area (TPSA) is 29.5 Å². The average Bonchev–Trinajstić information content (AvgIpc) is 2.08. The third kappa shape index (κ3) is 2.20. The Balaban J connectivity index is 2.48. The molecule has 72 valence electrons. The van der Waals surface area contributed by atoms with Gasteiger partial charge in [-0.3, -0.25) is 0 Å². The van der Waals surface area contributed by atoms with Crippen molar-refractivity contribution in [3.8, 4) is 0 Å². The Morgan fingerprint density at radius 2 is 2.17 bits per heavy atom. The molecule has 1 unspecified atom stereocenters. The summed E-state index contributed by atoms with van der Waals surface area (Å²) in [5.41, 5.74) is 0. The van der Waals surface area contributed by atoms with Gasteiger partial charge in [-0.05, 0) is 24.7 Å². The molecule has 1 saturated heterocycles. The van der Waals surface area contributed by atoms with Crippen LogP contribution in [0.15, 0.2) is 0 Å². The van der Waals surface area contributed by atoms with E-state index < -0.39 is 6.29 Å². The highest BCUT2D eigenvalue weighted by Gasteiger charge is 2.30. The van der Waals surface area contributed by atoms with E-state index in [9.17, 15) is 5.11 Å². The minimum atomic E-state index is -0.514. The van der Waals surface area contributed by atoms with Crippen molar-refractivity contribution >= 4 is 0 Å². The van der Waals surface area contributed by atoms with Crippen LogP contribution in [0.4, 0.5) is 0 Å². The van der Waals surface area contributed by atoms with Crippen LogP contribution in [0.25, 0.3) is 0 Å². The summed E-state index contributed by atoms with van der Waals surface area (Å²) < 4.78 is 5.51. The minimum Gasteiger partial charge on any atom is -0.368 e. The standard InChI is InChI=1S/C10H20O2/c1-4-7(2)10-8(3)5-6-9(11)12-10/h7-11H,4-6H2,1-3H3/t7-,8-,9?,10+/m0/s1. The van der Waals surface area contributed by atoms with Gasteiger partial charge in [0, 0.05) is 0 Å². The first-order valence-corrected chi connectivity index (χ1v) is 4.98. The molecule has 0 aromatic carbocycles. The van der Waals surface area contributed by atoms with E-state index in [1.807, 2.05) is 0 Å². The summed E-state index contributed by atoms with van der Waals surface area (Å²) in [6.07, 6.45) is 2.77. The molecular formula is C10H20O2. The highest BCUT2D eigenvalue weighted by atomic mass is 16.6. The normalized spacial score (nSPS) is 39.5. The molecular weight excluding hydrogens is 152 g/mol. The molecule has 1 aliphatic rings. The van der Waals surface area contributed by atoms with E-state index in [1.54, 1.807) is 0 Å². The maximum atomic E-state index is 9.32. The number of ether oxygens (including phenoxy) is 1. The summed E-state index contributed by atoms with van der Waals surface area (Å²) in [5.74, 6) is 1.17. The van der Waals surface area contributed by atoms with Gasteiger partial charge in [-0.25, -0.2) is 0 Å². The number of hydrogen-bond donors (Lipinski definition) is 1. The lowest BCUT2D eigenvalue weighted by Crippen LogP contribution is -2.37. The summed E-state index contributed by atoms with van der Waals surface area (Å²) >= 11 is 0. The van der Waals surface area contributed by atoms with Crippen LogP contribution in [-0.4, -0.2) is 17.5 Å². The maximum Gasteiger partial charge on any atom is 0.154 e. The molecule has 12 heavy (non-hydrogen) atoms. The summed E-state index contributed by atoms with van der Waals surface area (Å²) in [4.78, 5) is 0. The van der Waals surface area contributed by atoms with Gasteiger partial charge in [-0.2, -0.15) is 0 Å². The quantitative estimate of drug-likeness (QED) is 0.691. The van der Waals surface area contributed by atoms with Gasteiger partial charge < -0.3 is 9.84 Å². The predicted molar refractivity (Wildman–Crippen MR) is 48.7 cm³/mol. The van der Waals surface area contributed by atoms with Gasteiger partial charge in [0.25, 0.3) is 0 Å². The highest BCUT2D eigenvalue weighted by molar-refractivity contribution is 4.76. The first kappa shape index (κ1) is 10.0. The van der Waals surface area contributed by atoms with Crippen molar-refractivity contribution in [2.24, 2.45) is 11.8 Å². The van der Waals surface area contributed by atoms with Crippen molar-refractivity contribution in [3.63, 3.8) is 0 Å². The lowest BCUT2D eigenvalue weighted by Gasteiger charge is -2.35. The molecule has 0 amide bonds. The van der Waals surface area contributed by atoms with Crippen molar-refractivity contribution in [2.75, 3.05) is 0 Å². The molecule has 1 heterocycles. The second-order valence-corrected chi connectivity index (χ2v) is 4.00. The number of aliphatic hydroxyl groups excluding tert-OH is 1. The van der Waals surface area contributed by atoms with Gasteiger partial charge in [0.1, 0.15) is 0 Å². The van der Waals surface area contributed by atoms with E-state index in [-0.39, 0.29) is 6.10 Å². The third-order valence-corrected chi connectivity index (χ3v) is 2.95. The molecule has 0 radical (unpaired) electrons. The van der Waals surface area contributed by atoms with E-state index in [0.717, 1.165) is 19.3 Å². The zero-order valence-corrected chi connectivity index (χ0v) is 8.29. The van der Waals surface area contributed by atoms with Crippen molar-refractivity contribution in [1.82, 2.24) is 0 Å². The summed E-state index contributed by atoms with van der Waals surface area (Å²) in [6.45, 7) is 6.57. The van der Waals surface area contributed by atoms with Gasteiger partial charge in [-0.1, -0.05) is 27.2 Å². The van der Waals surface area contributed by atoms with Crippen LogP contribution in [0.2, 0.25) is 0 Å². The van der Waals surface area contributed by atoms with Crippen molar-refractivity contribution in [1.29, 1.82) is 0 Å². The zero-order valence-electron chi connectivity index (χ0n) is 8.29. The Morgan fingerprint density at radius 1 is 1.50 bits per heavy atom. The first-order valence-electron chi connectivity index (χ1n) is 4.98. The van der Waals surface area contributed by atoms with E-state index >= 15 is 0 Å². The molecule has 2 heteroatoms. The first-order chi connectivity index (χ1) is 5.65. The smallest absolute Gasteiger partial charge is 0.154 e. The van der Waals surface area contributed by atoms with Gasteiger partial charge in [-0.15, -0.1) is 0 Å². The van der Waals surface area contributed by atoms with E-state index in [0.29, 0.717) is 11.8 Å². The van der Waals surface area contributed by atoms with Gasteiger partial charge in [0.05, 0.1) is 6.10 Å². The Hall–Kier alpha value is -0.0800. The van der Waals surface area contributed by atoms with Crippen LogP contribution < -0.4 is 0 Å². The van der Waals surface area contributed by atoms with Gasteiger partial charge in [0.2, 0.25) is 0 Å². The third-order valence-electron chi connectivity index (χ3n) is 2.95. The zero-order chi connectivity index (χ0) is 9.14. The fraction of sp³-hybridized carbons (Fsp3) is 1.00. The van der Waals surface area contributed by atoms with Crippen molar-refractivity contribution in [3.05, 3.63) is 0 Å². The highest BCUT2D eigenvalue weighted by Crippen LogP contribution is 2.29. The predicted octanol–water partition coefficient (Wildman–Crippen LogP) is 2.17. The molecule has 0 aromatic rings. The van der Waals surface area contributed by atoms with Gasteiger partial charge in [0.15, 0.2) is 6.29 Å². The Morgan fingerprint density at radius 3 is 2.75 bits per heavy atom. The van der Waals surface area contributed by atoms with Gasteiger partial charge >= 0.3 is 0 Å². The lowest BCUT2D eigenvalue weighted by atomic mass is 9.86. The fourth-order valence-electron chi connectivity index (χ4n) is 1.88. The molecule has 2 nitrogen and oxygen atoms in total. The Labute approximate surface area is 74.9 Å². The summed E-state index contributed by atoms with van der Waals surface area (Å²) in [7, 11) is 0. The molecule has 0 bridgehead atoms. The molecule has 4 atom stereocenters. The van der Waals surface area contributed by atoms with Crippen LogP contribution in [0.1, 0.15) is 40.0 Å². The Bertz CT molecular complexity index is 132. The van der Waals surface area contributed by atoms with E-state index in [4.69, 9.17) is 4.74 Å². The van der Waals surface area contributed by atoms with Crippen LogP contribution in [0, 0.1) is 11.8 Å². The van der Waals surface area contributed by atoms with E-state index in [1.165, 1.54) is 0 Å². The average molecular weight is 172 g/mol. The summed E-state index contributed by atoms with van der Waals surface area (Å²) in [6, 6.07) is 0. The van der Waals surface area contributed by atoms with Crippen molar-refractivity contribution < 1.29 is 9.84 Å². The van der Waals surface area contributed by atoms with Crippen molar-refractivity contribution in [2.45, 2.75) is 52.4 Å². The number of hydrogen-bond acceptors (Lipinski definition) is 2. The SMILES string of the molecule is CC[C@H](C)[C@H]1OC(O)CC[C@@H]1C. The molecule has 0 saturated carbocycles. The van der Waals surface area contributed by atoms with Crippen LogP contribution in [-0.2, 0) is 4.74 Å². The number of aliphatic hydroxyl groups is 1. The molecule has 1 N–H and O–H groups in total. The Kier molecular flexibility index (Phi) is 3.53. The summed E-state index contributed by atoms with van der Waals surface area (Å²) in [5, 5.41) is 9.32. The monoisotopic (exact) mass is 172 g/mol. The molecule has 1 aliphatic heterocycles. The molecule has 1 fully saturated rings. The number of rotatable bonds is 2. The van der Waals surface area contributed by atoms with Crippen LogP contribution in [0.3, 0.4) is 0 Å². The van der Waals surface area contributed by atoms with Crippen LogP contribution in [0.5, 0.6) is 0 Å². The van der Waals surface area contributed by atoms with E-state index in [2.05, 4.69) is 20.8 Å². The molecule has 0 aliphatic carbocycles. The lowest BCUT2D eigenvalue weighted by molar-refractivity contribution is -0.193. The second kappa shape index (κ2) is 4.24. The fourth-order valence-corrected chi connectivity index (χ4v) is 1.88. The molecule has 1 rings (SSSR count). The second-order valence-electron chi connectivity index (χ2n) is 4.00. The largest absolute Gasteiger partial charge is 0.368 e. The minimum absolute atomic E-state index is 0.263. The molecule has 0 aromatic heterocycles. The molecule has 0 spiro atoms.